The molecule has 23 heavy (non-hydrogen) atoms. The lowest BCUT2D eigenvalue weighted by molar-refractivity contribution is -0.121. The lowest BCUT2D eigenvalue weighted by Gasteiger charge is -2.35. The third-order valence-corrected chi connectivity index (χ3v) is 5.42. The molecule has 2 aromatic rings. The molecular formula is C19H24N2OS. The fraction of sp³-hybridized carbons (Fsp3) is 0.421. The summed E-state index contributed by atoms with van der Waals surface area (Å²) in [5, 5.41) is 5.24. The number of fused-ring (bicyclic) bond motifs is 1. The Morgan fingerprint density at radius 3 is 2.83 bits per heavy atom. The maximum absolute atomic E-state index is 11.9. The number of hydrogen-bond donors (Lipinski definition) is 1. The van der Waals surface area contributed by atoms with Gasteiger partial charge in [-0.3, -0.25) is 9.69 Å². The molecule has 1 N–H and O–H groups in total. The van der Waals surface area contributed by atoms with Crippen molar-refractivity contribution < 1.29 is 4.79 Å². The van der Waals surface area contributed by atoms with Crippen LogP contribution in [0.2, 0.25) is 0 Å². The summed E-state index contributed by atoms with van der Waals surface area (Å²) < 4.78 is 0. The van der Waals surface area contributed by atoms with Crippen molar-refractivity contribution in [3.63, 3.8) is 0 Å². The number of amides is 1. The first-order chi connectivity index (χ1) is 11.3. The molecule has 1 aromatic heterocycles. The Morgan fingerprint density at radius 1 is 1.26 bits per heavy atom. The van der Waals surface area contributed by atoms with Crippen LogP contribution in [0.3, 0.4) is 0 Å². The zero-order valence-electron chi connectivity index (χ0n) is 13.6. The predicted octanol–water partition coefficient (Wildman–Crippen LogP) is 3.76. The summed E-state index contributed by atoms with van der Waals surface area (Å²) in [7, 11) is 0. The molecule has 0 aliphatic carbocycles. The number of hydrogen-bond acceptors (Lipinski definition) is 3. The molecule has 1 amide bonds. The van der Waals surface area contributed by atoms with E-state index < -0.39 is 0 Å². The summed E-state index contributed by atoms with van der Waals surface area (Å²) in [6.07, 6.45) is 2.59. The monoisotopic (exact) mass is 328 g/mol. The topological polar surface area (TPSA) is 32.3 Å². The van der Waals surface area contributed by atoms with E-state index in [0.717, 1.165) is 25.9 Å². The highest BCUT2D eigenvalue weighted by atomic mass is 32.1. The van der Waals surface area contributed by atoms with Crippen molar-refractivity contribution in [1.82, 2.24) is 10.2 Å². The van der Waals surface area contributed by atoms with E-state index in [4.69, 9.17) is 0 Å². The zero-order chi connectivity index (χ0) is 16.1. The molecule has 1 aromatic carbocycles. The number of carbonyl (C=O) groups excluding carboxylic acids is 1. The number of nitrogens with one attached hydrogen (secondary N) is 1. The average Bonchev–Trinajstić information content (AvgIpc) is 3.09. The summed E-state index contributed by atoms with van der Waals surface area (Å²) in [5.41, 5.74) is 2.88. The Morgan fingerprint density at radius 2 is 2.09 bits per heavy atom. The van der Waals surface area contributed by atoms with Crippen molar-refractivity contribution in [2.75, 3.05) is 13.1 Å². The smallest absolute Gasteiger partial charge is 0.220 e. The Hall–Kier alpha value is -1.65. The molecule has 0 bridgehead atoms. The van der Waals surface area contributed by atoms with Crippen molar-refractivity contribution in [3.8, 4) is 0 Å². The van der Waals surface area contributed by atoms with Gasteiger partial charge in [-0.05, 0) is 35.4 Å². The van der Waals surface area contributed by atoms with Gasteiger partial charge in [-0.1, -0.05) is 37.3 Å². The lowest BCUT2D eigenvalue weighted by atomic mass is 9.98. The van der Waals surface area contributed by atoms with Crippen LogP contribution < -0.4 is 5.32 Å². The second-order valence-corrected chi connectivity index (χ2v) is 7.05. The third-order valence-electron chi connectivity index (χ3n) is 4.44. The van der Waals surface area contributed by atoms with E-state index in [2.05, 4.69) is 52.0 Å². The molecule has 3 rings (SSSR count). The molecule has 0 unspecified atom stereocenters. The minimum Gasteiger partial charge on any atom is -0.354 e. The van der Waals surface area contributed by atoms with Crippen molar-refractivity contribution >= 4 is 17.2 Å². The minimum absolute atomic E-state index is 0.159. The fourth-order valence-electron chi connectivity index (χ4n) is 3.20. The molecule has 1 aliphatic heterocycles. The predicted molar refractivity (Wildman–Crippen MR) is 95.5 cm³/mol. The highest BCUT2D eigenvalue weighted by Crippen LogP contribution is 2.29. The quantitative estimate of drug-likeness (QED) is 0.875. The largest absolute Gasteiger partial charge is 0.354 e. The molecule has 0 saturated carbocycles. The van der Waals surface area contributed by atoms with Crippen LogP contribution in [0.25, 0.3) is 0 Å². The van der Waals surface area contributed by atoms with Gasteiger partial charge >= 0.3 is 0 Å². The summed E-state index contributed by atoms with van der Waals surface area (Å²) in [4.78, 5) is 15.7. The SMILES string of the molecule is CCCC(=O)NC[C@H](c1cccs1)N1CCc2ccccc2C1. The van der Waals surface area contributed by atoms with Gasteiger partial charge in [0.25, 0.3) is 0 Å². The van der Waals surface area contributed by atoms with E-state index in [9.17, 15) is 4.79 Å². The Bertz CT molecular complexity index is 639. The second-order valence-electron chi connectivity index (χ2n) is 6.07. The van der Waals surface area contributed by atoms with Crippen molar-refractivity contribution in [3.05, 3.63) is 57.8 Å². The third kappa shape index (κ3) is 4.01. The second kappa shape index (κ2) is 7.75. The maximum Gasteiger partial charge on any atom is 0.220 e. The number of rotatable bonds is 6. The van der Waals surface area contributed by atoms with E-state index in [1.165, 1.54) is 16.0 Å². The highest BCUT2D eigenvalue weighted by Gasteiger charge is 2.25. The number of benzene rings is 1. The molecule has 1 aliphatic rings. The van der Waals surface area contributed by atoms with Gasteiger partial charge < -0.3 is 5.32 Å². The minimum atomic E-state index is 0.159. The van der Waals surface area contributed by atoms with E-state index in [-0.39, 0.29) is 11.9 Å². The van der Waals surface area contributed by atoms with Gasteiger partial charge in [0.1, 0.15) is 0 Å². The van der Waals surface area contributed by atoms with Gasteiger partial charge in [-0.25, -0.2) is 0 Å². The van der Waals surface area contributed by atoms with Crippen LogP contribution in [0.5, 0.6) is 0 Å². The van der Waals surface area contributed by atoms with Gasteiger partial charge in [0.05, 0.1) is 6.04 Å². The number of thiophene rings is 1. The Balaban J connectivity index is 1.73. The zero-order valence-corrected chi connectivity index (χ0v) is 14.4. The standard InChI is InChI=1S/C19H24N2OS/c1-2-6-19(22)20-13-17(18-9-5-12-23-18)21-11-10-15-7-3-4-8-16(15)14-21/h3-5,7-9,12,17H,2,6,10-11,13-14H2,1H3,(H,20,22)/t17-/m1/s1. The van der Waals surface area contributed by atoms with Gasteiger partial charge in [-0.15, -0.1) is 11.3 Å². The molecule has 1 atom stereocenters. The number of carbonyl (C=O) groups is 1. The van der Waals surface area contributed by atoms with Crippen LogP contribution in [0.15, 0.2) is 41.8 Å². The lowest BCUT2D eigenvalue weighted by Crippen LogP contribution is -2.40. The van der Waals surface area contributed by atoms with Gasteiger partial charge in [0.2, 0.25) is 5.91 Å². The first-order valence-electron chi connectivity index (χ1n) is 8.39. The molecule has 0 saturated heterocycles. The normalized spacial score (nSPS) is 15.9. The molecule has 0 spiro atoms. The highest BCUT2D eigenvalue weighted by molar-refractivity contribution is 7.10. The summed E-state index contributed by atoms with van der Waals surface area (Å²) in [6.45, 7) is 4.74. The Labute approximate surface area is 142 Å². The average molecular weight is 328 g/mol. The van der Waals surface area contributed by atoms with Crippen molar-refractivity contribution in [2.24, 2.45) is 0 Å². The van der Waals surface area contributed by atoms with Crippen molar-refractivity contribution in [1.29, 1.82) is 0 Å². The number of nitrogens with zero attached hydrogens (tertiary/aromatic N) is 1. The van der Waals surface area contributed by atoms with Gasteiger partial charge in [-0.2, -0.15) is 0 Å². The molecular weight excluding hydrogens is 304 g/mol. The molecule has 4 heteroatoms. The van der Waals surface area contributed by atoms with Gasteiger partial charge in [0, 0.05) is 30.9 Å². The fourth-order valence-corrected chi connectivity index (χ4v) is 4.06. The van der Waals surface area contributed by atoms with E-state index in [1.807, 2.05) is 6.92 Å². The van der Waals surface area contributed by atoms with Crippen LogP contribution in [-0.2, 0) is 17.8 Å². The molecule has 2 heterocycles. The summed E-state index contributed by atoms with van der Waals surface area (Å²) in [5.74, 6) is 0.159. The maximum atomic E-state index is 11.9. The Kier molecular flexibility index (Phi) is 5.47. The molecule has 0 fully saturated rings. The van der Waals surface area contributed by atoms with E-state index in [0.29, 0.717) is 13.0 Å². The van der Waals surface area contributed by atoms with Crippen LogP contribution in [-0.4, -0.2) is 23.9 Å². The van der Waals surface area contributed by atoms with Crippen LogP contribution in [0.1, 0.15) is 41.8 Å². The van der Waals surface area contributed by atoms with Crippen LogP contribution in [0.4, 0.5) is 0 Å². The molecule has 0 radical (unpaired) electrons. The first kappa shape index (κ1) is 16.2. The summed E-state index contributed by atoms with van der Waals surface area (Å²) >= 11 is 1.78. The van der Waals surface area contributed by atoms with Crippen LogP contribution >= 0.6 is 11.3 Å². The van der Waals surface area contributed by atoms with Crippen molar-refractivity contribution in [2.45, 2.75) is 38.8 Å². The summed E-state index contributed by atoms with van der Waals surface area (Å²) in [6, 6.07) is 13.2. The van der Waals surface area contributed by atoms with E-state index >= 15 is 0 Å². The first-order valence-corrected chi connectivity index (χ1v) is 9.27. The van der Waals surface area contributed by atoms with Crippen LogP contribution in [0, 0.1) is 0 Å². The molecule has 122 valence electrons. The van der Waals surface area contributed by atoms with E-state index in [1.54, 1.807) is 11.3 Å². The molecule has 3 nitrogen and oxygen atoms in total. The van der Waals surface area contributed by atoms with Gasteiger partial charge in [0.15, 0.2) is 0 Å².